The normalized spacial score (nSPS) is 21.1. The first-order chi connectivity index (χ1) is 11.2. The molecule has 3 rings (SSSR count). The van der Waals surface area contributed by atoms with Crippen molar-refractivity contribution >= 4 is 6.09 Å². The van der Waals surface area contributed by atoms with Crippen molar-refractivity contribution in [2.45, 2.75) is 50.5 Å². The SMILES string of the molecule is CC(C)(C)N(C(=O)O)C1(c2ccc(C#N)cc2)CC2(C1)OCCO2. The van der Waals surface area contributed by atoms with Crippen LogP contribution in [0.4, 0.5) is 4.79 Å². The lowest BCUT2D eigenvalue weighted by Crippen LogP contribution is -2.68. The van der Waals surface area contributed by atoms with Crippen LogP contribution in [0.25, 0.3) is 0 Å². The quantitative estimate of drug-likeness (QED) is 0.901. The maximum Gasteiger partial charge on any atom is 0.408 e. The van der Waals surface area contributed by atoms with E-state index in [1.54, 1.807) is 12.1 Å². The summed E-state index contributed by atoms with van der Waals surface area (Å²) in [6, 6.07) is 9.21. The first-order valence-corrected chi connectivity index (χ1v) is 8.04. The molecule has 1 amide bonds. The molecule has 1 aromatic carbocycles. The van der Waals surface area contributed by atoms with Crippen LogP contribution in [-0.2, 0) is 15.0 Å². The molecule has 2 fully saturated rings. The van der Waals surface area contributed by atoms with E-state index < -0.39 is 23.0 Å². The first kappa shape index (κ1) is 16.7. The second kappa shape index (κ2) is 5.47. The number of nitriles is 1. The predicted molar refractivity (Wildman–Crippen MR) is 86.3 cm³/mol. The molecule has 2 aliphatic rings. The number of rotatable bonds is 2. The molecule has 0 bridgehead atoms. The van der Waals surface area contributed by atoms with Crippen molar-refractivity contribution in [2.75, 3.05) is 13.2 Å². The van der Waals surface area contributed by atoms with E-state index in [1.165, 1.54) is 4.90 Å². The fourth-order valence-electron chi connectivity index (χ4n) is 4.00. The van der Waals surface area contributed by atoms with Gasteiger partial charge in [-0.2, -0.15) is 5.26 Å². The van der Waals surface area contributed by atoms with Gasteiger partial charge in [-0.3, -0.25) is 4.90 Å². The van der Waals surface area contributed by atoms with Gasteiger partial charge in [-0.25, -0.2) is 4.79 Å². The number of ether oxygens (including phenoxy) is 2. The largest absolute Gasteiger partial charge is 0.465 e. The highest BCUT2D eigenvalue weighted by Crippen LogP contribution is 2.57. The molecular formula is C18H22N2O4. The van der Waals surface area contributed by atoms with Gasteiger partial charge in [-0.1, -0.05) is 12.1 Å². The summed E-state index contributed by atoms with van der Waals surface area (Å²) in [6.07, 6.45) is -0.0648. The van der Waals surface area contributed by atoms with Crippen LogP contribution in [-0.4, -0.2) is 40.6 Å². The first-order valence-electron chi connectivity index (χ1n) is 8.04. The van der Waals surface area contributed by atoms with Gasteiger partial charge < -0.3 is 14.6 Å². The highest BCUT2D eigenvalue weighted by Gasteiger charge is 2.64. The third-order valence-electron chi connectivity index (χ3n) is 4.78. The van der Waals surface area contributed by atoms with E-state index in [4.69, 9.17) is 14.7 Å². The minimum atomic E-state index is -0.972. The lowest BCUT2D eigenvalue weighted by Gasteiger charge is -2.60. The Hall–Kier alpha value is -2.10. The molecule has 0 atom stereocenters. The van der Waals surface area contributed by atoms with Gasteiger partial charge in [0.2, 0.25) is 0 Å². The standard InChI is InChI=1S/C18H22N2O4/c1-16(2,3)20(15(21)22)17(11-18(12-17)23-8-9-24-18)14-6-4-13(10-19)5-7-14/h4-7H,8-9,11-12H2,1-3H3,(H,21,22). The van der Waals surface area contributed by atoms with Crippen LogP contribution in [0.3, 0.4) is 0 Å². The molecule has 1 spiro atoms. The molecule has 1 saturated carbocycles. The zero-order chi connectivity index (χ0) is 17.6. The van der Waals surface area contributed by atoms with E-state index in [1.807, 2.05) is 32.9 Å². The summed E-state index contributed by atoms with van der Waals surface area (Å²) in [6.45, 7) is 6.72. The predicted octanol–water partition coefficient (Wildman–Crippen LogP) is 3.07. The van der Waals surface area contributed by atoms with E-state index in [9.17, 15) is 9.90 Å². The number of hydrogen-bond acceptors (Lipinski definition) is 4. The fraction of sp³-hybridized carbons (Fsp3) is 0.556. The van der Waals surface area contributed by atoms with Gasteiger partial charge in [0.15, 0.2) is 5.79 Å². The van der Waals surface area contributed by atoms with Gasteiger partial charge in [-0.05, 0) is 38.5 Å². The lowest BCUT2D eigenvalue weighted by molar-refractivity contribution is -0.272. The molecule has 1 heterocycles. The summed E-state index contributed by atoms with van der Waals surface area (Å²) in [4.78, 5) is 13.6. The molecule has 1 aliphatic carbocycles. The molecular weight excluding hydrogens is 308 g/mol. The van der Waals surface area contributed by atoms with Crippen molar-refractivity contribution in [2.24, 2.45) is 0 Å². The molecule has 0 radical (unpaired) electrons. The second-order valence-electron chi connectivity index (χ2n) is 7.47. The van der Waals surface area contributed by atoms with Crippen molar-refractivity contribution < 1.29 is 19.4 Å². The lowest BCUT2D eigenvalue weighted by atomic mass is 9.64. The highest BCUT2D eigenvalue weighted by molar-refractivity contribution is 5.68. The topological polar surface area (TPSA) is 82.8 Å². The molecule has 1 saturated heterocycles. The molecule has 128 valence electrons. The van der Waals surface area contributed by atoms with Crippen LogP contribution in [0.2, 0.25) is 0 Å². The third kappa shape index (κ3) is 2.54. The van der Waals surface area contributed by atoms with Crippen LogP contribution >= 0.6 is 0 Å². The molecule has 0 aromatic heterocycles. The van der Waals surface area contributed by atoms with Crippen molar-refractivity contribution in [3.8, 4) is 6.07 Å². The third-order valence-corrected chi connectivity index (χ3v) is 4.78. The highest BCUT2D eigenvalue weighted by atomic mass is 16.7. The Kier molecular flexibility index (Phi) is 3.82. The molecule has 1 aliphatic heterocycles. The Labute approximate surface area is 141 Å². The second-order valence-corrected chi connectivity index (χ2v) is 7.47. The Morgan fingerprint density at radius 2 is 1.75 bits per heavy atom. The van der Waals surface area contributed by atoms with Gasteiger partial charge >= 0.3 is 6.09 Å². The van der Waals surface area contributed by atoms with E-state index in [2.05, 4.69) is 6.07 Å². The summed E-state index contributed by atoms with van der Waals surface area (Å²) >= 11 is 0. The zero-order valence-electron chi connectivity index (χ0n) is 14.2. The van der Waals surface area contributed by atoms with Crippen LogP contribution in [0, 0.1) is 11.3 Å². The number of hydrogen-bond donors (Lipinski definition) is 1. The number of carboxylic acid groups (broad SMARTS) is 1. The Bertz CT molecular complexity index is 670. The molecule has 1 aromatic rings. The molecule has 1 N–H and O–H groups in total. The maximum absolute atomic E-state index is 12.1. The van der Waals surface area contributed by atoms with Crippen molar-refractivity contribution in [1.82, 2.24) is 4.90 Å². The minimum Gasteiger partial charge on any atom is -0.465 e. The van der Waals surface area contributed by atoms with Crippen LogP contribution < -0.4 is 0 Å². The summed E-state index contributed by atoms with van der Waals surface area (Å²) < 4.78 is 11.5. The minimum absolute atomic E-state index is 0.454. The molecule has 6 nitrogen and oxygen atoms in total. The van der Waals surface area contributed by atoms with Crippen molar-refractivity contribution in [1.29, 1.82) is 5.26 Å². The van der Waals surface area contributed by atoms with E-state index >= 15 is 0 Å². The smallest absolute Gasteiger partial charge is 0.408 e. The van der Waals surface area contributed by atoms with Gasteiger partial charge in [0.1, 0.15) is 0 Å². The van der Waals surface area contributed by atoms with E-state index in [-0.39, 0.29) is 0 Å². The number of nitrogens with zero attached hydrogens (tertiary/aromatic N) is 2. The van der Waals surface area contributed by atoms with E-state index in [0.29, 0.717) is 31.6 Å². The van der Waals surface area contributed by atoms with Crippen molar-refractivity contribution in [3.63, 3.8) is 0 Å². The van der Waals surface area contributed by atoms with Gasteiger partial charge in [0, 0.05) is 18.4 Å². The number of amides is 1. The van der Waals surface area contributed by atoms with E-state index in [0.717, 1.165) is 5.56 Å². The number of carbonyl (C=O) groups is 1. The average molecular weight is 330 g/mol. The Morgan fingerprint density at radius 3 is 2.17 bits per heavy atom. The molecule has 0 unspecified atom stereocenters. The Morgan fingerprint density at radius 1 is 1.21 bits per heavy atom. The summed E-state index contributed by atoms with van der Waals surface area (Å²) in [5, 5.41) is 18.9. The van der Waals surface area contributed by atoms with Gasteiger partial charge in [0.05, 0.1) is 30.4 Å². The van der Waals surface area contributed by atoms with Gasteiger partial charge in [0.25, 0.3) is 0 Å². The van der Waals surface area contributed by atoms with Crippen molar-refractivity contribution in [3.05, 3.63) is 35.4 Å². The van der Waals surface area contributed by atoms with Gasteiger partial charge in [-0.15, -0.1) is 0 Å². The maximum atomic E-state index is 12.1. The molecule has 6 heteroatoms. The number of benzene rings is 1. The summed E-state index contributed by atoms with van der Waals surface area (Å²) in [7, 11) is 0. The summed E-state index contributed by atoms with van der Waals surface area (Å²) in [5.74, 6) is -0.688. The van der Waals surface area contributed by atoms with Crippen LogP contribution in [0.15, 0.2) is 24.3 Å². The average Bonchev–Trinajstić information content (AvgIpc) is 2.94. The zero-order valence-corrected chi connectivity index (χ0v) is 14.2. The monoisotopic (exact) mass is 330 g/mol. The fourth-order valence-corrected chi connectivity index (χ4v) is 4.00. The Balaban J connectivity index is 2.04. The van der Waals surface area contributed by atoms with Crippen LogP contribution in [0.1, 0.15) is 44.7 Å². The van der Waals surface area contributed by atoms with Crippen LogP contribution in [0.5, 0.6) is 0 Å². The molecule has 24 heavy (non-hydrogen) atoms. The summed E-state index contributed by atoms with van der Waals surface area (Å²) in [5.41, 5.74) is 0.111.